The molecule has 0 aliphatic rings. The van der Waals surface area contributed by atoms with Crippen LogP contribution in [-0.2, 0) is 13.0 Å². The number of hydrogen-bond acceptors (Lipinski definition) is 6. The Morgan fingerprint density at radius 1 is 1.03 bits per heavy atom. The first-order valence-electron chi connectivity index (χ1n) is 10.1. The number of carbonyl (C=O) groups excluding carboxylic acids is 1. The van der Waals surface area contributed by atoms with Gasteiger partial charge in [0.1, 0.15) is 11.5 Å². The largest absolute Gasteiger partial charge is 0.493 e. The van der Waals surface area contributed by atoms with Crippen molar-refractivity contribution in [2.75, 3.05) is 12.4 Å². The molecule has 0 radical (unpaired) electrons. The van der Waals surface area contributed by atoms with Crippen LogP contribution in [0.15, 0.2) is 73.1 Å². The third-order valence-corrected chi connectivity index (χ3v) is 5.94. The summed E-state index contributed by atoms with van der Waals surface area (Å²) in [5.74, 6) is 0.939. The fraction of sp³-hybridized carbons (Fsp3) is 0.160. The van der Waals surface area contributed by atoms with Crippen LogP contribution in [0.2, 0.25) is 0 Å². The molecular weight excluding hydrogens is 422 g/mol. The summed E-state index contributed by atoms with van der Waals surface area (Å²) in [4.78, 5) is 22.2. The van der Waals surface area contributed by atoms with Crippen LogP contribution in [0.5, 0.6) is 11.5 Å². The fourth-order valence-electron chi connectivity index (χ4n) is 3.21. The number of nitrogens with zero attached hydrogens (tertiary/aromatic N) is 2. The highest BCUT2D eigenvalue weighted by Crippen LogP contribution is 2.31. The molecule has 0 fully saturated rings. The van der Waals surface area contributed by atoms with Crippen molar-refractivity contribution in [3.05, 3.63) is 99.8 Å². The summed E-state index contributed by atoms with van der Waals surface area (Å²) in [5.41, 5.74) is 3.45. The van der Waals surface area contributed by atoms with Crippen molar-refractivity contribution >= 4 is 22.9 Å². The molecule has 1 amide bonds. The topological polar surface area (TPSA) is 73.3 Å². The van der Waals surface area contributed by atoms with Crippen molar-refractivity contribution in [1.82, 2.24) is 9.97 Å². The third-order valence-electron chi connectivity index (χ3n) is 4.78. The Morgan fingerprint density at radius 3 is 2.59 bits per heavy atom. The Balaban J connectivity index is 1.47. The lowest BCUT2D eigenvalue weighted by Crippen LogP contribution is -2.11. The molecule has 0 atom stereocenters. The Labute approximate surface area is 190 Å². The molecule has 2 aromatic carbocycles. The van der Waals surface area contributed by atoms with Crippen LogP contribution in [0, 0.1) is 6.92 Å². The van der Waals surface area contributed by atoms with Gasteiger partial charge in [0, 0.05) is 36.1 Å². The number of carbonyl (C=O) groups is 1. The van der Waals surface area contributed by atoms with E-state index in [1.807, 2.05) is 37.3 Å². The van der Waals surface area contributed by atoms with Gasteiger partial charge in [0.15, 0.2) is 11.5 Å². The lowest BCUT2D eigenvalue weighted by molar-refractivity contribution is 0.103. The van der Waals surface area contributed by atoms with E-state index in [2.05, 4.69) is 27.4 Å². The molecule has 0 saturated carbocycles. The van der Waals surface area contributed by atoms with Crippen LogP contribution in [0.4, 0.5) is 5.69 Å². The predicted molar refractivity (Wildman–Crippen MR) is 126 cm³/mol. The molecule has 2 aromatic heterocycles. The molecule has 0 aliphatic carbocycles. The number of ether oxygens (including phenoxy) is 2. The Bertz CT molecular complexity index is 1190. The average molecular weight is 446 g/mol. The number of amides is 1. The van der Waals surface area contributed by atoms with E-state index in [0.717, 1.165) is 16.3 Å². The normalized spacial score (nSPS) is 10.6. The van der Waals surface area contributed by atoms with Gasteiger partial charge in [0.2, 0.25) is 0 Å². The molecule has 0 aliphatic heterocycles. The number of aryl methyl sites for hydroxylation is 1. The van der Waals surface area contributed by atoms with Crippen molar-refractivity contribution in [3.8, 4) is 11.5 Å². The number of methoxy groups -OCH3 is 1. The lowest BCUT2D eigenvalue weighted by Gasteiger charge is -2.13. The summed E-state index contributed by atoms with van der Waals surface area (Å²) >= 11 is 1.42. The number of rotatable bonds is 8. The van der Waals surface area contributed by atoms with Gasteiger partial charge in [0.25, 0.3) is 5.91 Å². The second kappa shape index (κ2) is 10.1. The smallest absolute Gasteiger partial charge is 0.267 e. The maximum atomic E-state index is 12.9. The highest BCUT2D eigenvalue weighted by Gasteiger charge is 2.17. The van der Waals surface area contributed by atoms with E-state index >= 15 is 0 Å². The molecule has 4 aromatic rings. The fourth-order valence-corrected chi connectivity index (χ4v) is 4.20. The molecule has 0 bridgehead atoms. The summed E-state index contributed by atoms with van der Waals surface area (Å²) in [6.45, 7) is 2.20. The molecule has 162 valence electrons. The SMILES string of the molecule is COc1ccc(NC(=O)c2sc(Cc3ccccc3)nc2C)cc1OCc1cccnc1. The Morgan fingerprint density at radius 2 is 1.84 bits per heavy atom. The molecule has 6 nitrogen and oxygen atoms in total. The van der Waals surface area contributed by atoms with Gasteiger partial charge in [-0.25, -0.2) is 4.98 Å². The van der Waals surface area contributed by atoms with Gasteiger partial charge < -0.3 is 14.8 Å². The van der Waals surface area contributed by atoms with E-state index < -0.39 is 0 Å². The minimum Gasteiger partial charge on any atom is -0.493 e. The van der Waals surface area contributed by atoms with Gasteiger partial charge in [0.05, 0.1) is 17.8 Å². The van der Waals surface area contributed by atoms with Crippen LogP contribution in [0.1, 0.15) is 31.5 Å². The summed E-state index contributed by atoms with van der Waals surface area (Å²) in [6.07, 6.45) is 4.17. The molecule has 2 heterocycles. The zero-order chi connectivity index (χ0) is 22.3. The van der Waals surface area contributed by atoms with E-state index in [4.69, 9.17) is 9.47 Å². The maximum absolute atomic E-state index is 12.9. The van der Waals surface area contributed by atoms with Crippen LogP contribution in [0.25, 0.3) is 0 Å². The number of aromatic nitrogens is 2. The Kier molecular flexibility index (Phi) is 6.77. The highest BCUT2D eigenvalue weighted by molar-refractivity contribution is 7.14. The molecule has 0 spiro atoms. The zero-order valence-corrected chi connectivity index (χ0v) is 18.7. The number of anilines is 1. The summed E-state index contributed by atoms with van der Waals surface area (Å²) < 4.78 is 11.3. The van der Waals surface area contributed by atoms with E-state index in [-0.39, 0.29) is 5.91 Å². The van der Waals surface area contributed by atoms with Gasteiger partial charge in [-0.1, -0.05) is 36.4 Å². The molecule has 0 saturated heterocycles. The number of thiazole rings is 1. The first kappa shape index (κ1) is 21.5. The third kappa shape index (κ3) is 5.31. The van der Waals surface area contributed by atoms with Crippen molar-refractivity contribution in [2.45, 2.75) is 20.0 Å². The van der Waals surface area contributed by atoms with Gasteiger partial charge in [-0.2, -0.15) is 0 Å². The van der Waals surface area contributed by atoms with Crippen LogP contribution in [-0.4, -0.2) is 23.0 Å². The first-order chi connectivity index (χ1) is 15.6. The van der Waals surface area contributed by atoms with Gasteiger partial charge in [-0.3, -0.25) is 9.78 Å². The van der Waals surface area contributed by atoms with Crippen LogP contribution in [0.3, 0.4) is 0 Å². The van der Waals surface area contributed by atoms with Crippen molar-refractivity contribution in [1.29, 1.82) is 0 Å². The average Bonchev–Trinajstić information content (AvgIpc) is 3.19. The van der Waals surface area contributed by atoms with E-state index in [9.17, 15) is 4.79 Å². The maximum Gasteiger partial charge on any atom is 0.267 e. The zero-order valence-electron chi connectivity index (χ0n) is 17.9. The second-order valence-electron chi connectivity index (χ2n) is 7.15. The molecule has 1 N–H and O–H groups in total. The summed E-state index contributed by atoms with van der Waals surface area (Å²) in [7, 11) is 1.58. The predicted octanol–water partition coefficient (Wildman–Crippen LogP) is 5.28. The van der Waals surface area contributed by atoms with E-state index in [0.29, 0.717) is 35.1 Å². The van der Waals surface area contributed by atoms with Gasteiger partial charge >= 0.3 is 0 Å². The highest BCUT2D eigenvalue weighted by atomic mass is 32.1. The second-order valence-corrected chi connectivity index (χ2v) is 8.24. The first-order valence-corrected chi connectivity index (χ1v) is 11.0. The van der Waals surface area contributed by atoms with E-state index in [1.165, 1.54) is 16.9 Å². The van der Waals surface area contributed by atoms with Crippen molar-refractivity contribution in [2.24, 2.45) is 0 Å². The summed E-state index contributed by atoms with van der Waals surface area (Å²) in [6, 6.07) is 19.2. The number of benzene rings is 2. The standard InChI is InChI=1S/C25H23N3O3S/c1-17-24(32-23(27-17)13-18-7-4-3-5-8-18)25(29)28-20-10-11-21(30-2)22(14-20)31-16-19-9-6-12-26-15-19/h3-12,14-15H,13,16H2,1-2H3,(H,28,29). The number of hydrogen-bond donors (Lipinski definition) is 1. The molecular formula is C25H23N3O3S. The minimum absolute atomic E-state index is 0.192. The number of nitrogens with one attached hydrogen (secondary N) is 1. The lowest BCUT2D eigenvalue weighted by atomic mass is 10.2. The van der Waals surface area contributed by atoms with Crippen LogP contribution >= 0.6 is 11.3 Å². The number of pyridine rings is 1. The molecule has 7 heteroatoms. The van der Waals surface area contributed by atoms with Crippen molar-refractivity contribution in [3.63, 3.8) is 0 Å². The van der Waals surface area contributed by atoms with Gasteiger partial charge in [-0.15, -0.1) is 11.3 Å². The minimum atomic E-state index is -0.192. The molecule has 4 rings (SSSR count). The van der Waals surface area contributed by atoms with Crippen LogP contribution < -0.4 is 14.8 Å². The molecule has 0 unspecified atom stereocenters. The monoisotopic (exact) mass is 445 g/mol. The molecule has 32 heavy (non-hydrogen) atoms. The Hall–Kier alpha value is -3.71. The van der Waals surface area contributed by atoms with E-state index in [1.54, 1.807) is 37.7 Å². The summed E-state index contributed by atoms with van der Waals surface area (Å²) in [5, 5.41) is 3.86. The van der Waals surface area contributed by atoms with Gasteiger partial charge in [-0.05, 0) is 30.7 Å². The quantitative estimate of drug-likeness (QED) is 0.400. The van der Waals surface area contributed by atoms with Crippen molar-refractivity contribution < 1.29 is 14.3 Å².